The molecule has 0 spiro atoms. The van der Waals surface area contributed by atoms with Gasteiger partial charge in [-0.15, -0.1) is 0 Å². The fraction of sp³-hybridized carbons (Fsp3) is 0.769. The van der Waals surface area contributed by atoms with Crippen molar-refractivity contribution >= 4 is 0 Å². The van der Waals surface area contributed by atoms with Crippen molar-refractivity contribution < 1.29 is 5.11 Å². The molecule has 1 aromatic rings. The van der Waals surface area contributed by atoms with E-state index in [-0.39, 0.29) is 12.1 Å². The van der Waals surface area contributed by atoms with Crippen LogP contribution in [0, 0.1) is 25.7 Å². The molecule has 0 saturated heterocycles. The van der Waals surface area contributed by atoms with Crippen molar-refractivity contribution in [2.24, 2.45) is 11.8 Å². The van der Waals surface area contributed by atoms with E-state index < -0.39 is 0 Å². The van der Waals surface area contributed by atoms with Gasteiger partial charge in [0, 0.05) is 5.69 Å². The Kier molecular flexibility index (Phi) is 3.06. The molecule has 1 fully saturated rings. The van der Waals surface area contributed by atoms with Gasteiger partial charge in [0.1, 0.15) is 0 Å². The van der Waals surface area contributed by atoms with E-state index >= 15 is 0 Å². The third-order valence-electron chi connectivity index (χ3n) is 3.72. The van der Waals surface area contributed by atoms with Gasteiger partial charge in [-0.05, 0) is 44.6 Å². The van der Waals surface area contributed by atoms with Crippen LogP contribution in [0.25, 0.3) is 0 Å². The van der Waals surface area contributed by atoms with Crippen molar-refractivity contribution in [2.75, 3.05) is 0 Å². The minimum atomic E-state index is -0.253. The molecule has 1 N–H and O–H groups in total. The Morgan fingerprint density at radius 3 is 2.50 bits per heavy atom. The van der Waals surface area contributed by atoms with Crippen molar-refractivity contribution in [3.05, 3.63) is 17.5 Å². The largest absolute Gasteiger partial charge is 0.391 e. The lowest BCUT2D eigenvalue weighted by Crippen LogP contribution is -2.37. The number of aliphatic hydroxyl groups is 1. The highest BCUT2D eigenvalue weighted by Crippen LogP contribution is 2.37. The van der Waals surface area contributed by atoms with E-state index in [0.29, 0.717) is 11.8 Å². The molecule has 16 heavy (non-hydrogen) atoms. The molecule has 0 bridgehead atoms. The SMILES string of the molecule is Cc1cc(C)n(C2C(C)CC(C)CC2O)n1. The van der Waals surface area contributed by atoms with Crippen LogP contribution >= 0.6 is 0 Å². The monoisotopic (exact) mass is 222 g/mol. The molecule has 0 radical (unpaired) electrons. The van der Waals surface area contributed by atoms with Crippen LogP contribution in [0.4, 0.5) is 0 Å². The van der Waals surface area contributed by atoms with E-state index in [9.17, 15) is 5.11 Å². The molecule has 1 aliphatic carbocycles. The van der Waals surface area contributed by atoms with Crippen molar-refractivity contribution in [3.63, 3.8) is 0 Å². The van der Waals surface area contributed by atoms with Crippen LogP contribution in [-0.4, -0.2) is 21.0 Å². The molecule has 0 amide bonds. The molecule has 1 aromatic heterocycles. The van der Waals surface area contributed by atoms with E-state index in [1.54, 1.807) is 0 Å². The average molecular weight is 222 g/mol. The quantitative estimate of drug-likeness (QED) is 0.792. The number of aliphatic hydroxyl groups excluding tert-OH is 1. The van der Waals surface area contributed by atoms with E-state index in [4.69, 9.17) is 0 Å². The van der Waals surface area contributed by atoms with Crippen molar-refractivity contribution in [1.29, 1.82) is 0 Å². The van der Waals surface area contributed by atoms with Crippen LogP contribution in [0.5, 0.6) is 0 Å². The average Bonchev–Trinajstić information content (AvgIpc) is 2.43. The summed E-state index contributed by atoms with van der Waals surface area (Å²) in [5.74, 6) is 1.12. The van der Waals surface area contributed by atoms with Gasteiger partial charge in [-0.1, -0.05) is 13.8 Å². The zero-order valence-corrected chi connectivity index (χ0v) is 10.6. The summed E-state index contributed by atoms with van der Waals surface area (Å²) in [5, 5.41) is 14.8. The van der Waals surface area contributed by atoms with E-state index in [1.165, 1.54) is 6.42 Å². The summed E-state index contributed by atoms with van der Waals surface area (Å²) in [5.41, 5.74) is 2.19. The molecule has 3 heteroatoms. The molecule has 4 unspecified atom stereocenters. The summed E-state index contributed by atoms with van der Waals surface area (Å²) in [7, 11) is 0. The second kappa shape index (κ2) is 4.21. The smallest absolute Gasteiger partial charge is 0.0806 e. The van der Waals surface area contributed by atoms with E-state index in [1.807, 2.05) is 11.6 Å². The number of aromatic nitrogens is 2. The Morgan fingerprint density at radius 2 is 2.00 bits per heavy atom. The fourth-order valence-corrected chi connectivity index (χ4v) is 3.15. The van der Waals surface area contributed by atoms with Crippen LogP contribution in [0.15, 0.2) is 6.07 Å². The fourth-order valence-electron chi connectivity index (χ4n) is 3.15. The Morgan fingerprint density at radius 1 is 1.31 bits per heavy atom. The van der Waals surface area contributed by atoms with Crippen LogP contribution < -0.4 is 0 Å². The molecule has 1 heterocycles. The molecule has 3 nitrogen and oxygen atoms in total. The van der Waals surface area contributed by atoms with Gasteiger partial charge in [-0.3, -0.25) is 4.68 Å². The van der Waals surface area contributed by atoms with Crippen molar-refractivity contribution in [2.45, 2.75) is 52.7 Å². The molecule has 1 saturated carbocycles. The van der Waals surface area contributed by atoms with Gasteiger partial charge in [0.25, 0.3) is 0 Å². The predicted molar refractivity (Wildman–Crippen MR) is 64.3 cm³/mol. The van der Waals surface area contributed by atoms with Crippen LogP contribution in [-0.2, 0) is 0 Å². The number of rotatable bonds is 1. The summed E-state index contributed by atoms with van der Waals surface area (Å²) in [6.45, 7) is 8.51. The normalized spacial score (nSPS) is 35.3. The first-order valence-electron chi connectivity index (χ1n) is 6.20. The molecule has 0 aromatic carbocycles. The van der Waals surface area contributed by atoms with Gasteiger partial charge in [0.15, 0.2) is 0 Å². The molecule has 0 aliphatic heterocycles. The number of aryl methyl sites for hydroxylation is 2. The summed E-state index contributed by atoms with van der Waals surface area (Å²) in [4.78, 5) is 0. The second-order valence-electron chi connectivity index (χ2n) is 5.48. The Hall–Kier alpha value is -0.830. The van der Waals surface area contributed by atoms with Gasteiger partial charge in [-0.25, -0.2) is 0 Å². The third kappa shape index (κ3) is 2.01. The summed E-state index contributed by atoms with van der Waals surface area (Å²) < 4.78 is 2.02. The zero-order chi connectivity index (χ0) is 11.9. The lowest BCUT2D eigenvalue weighted by atomic mass is 9.78. The molecule has 2 rings (SSSR count). The predicted octanol–water partition coefficient (Wildman–Crippen LogP) is 2.47. The minimum Gasteiger partial charge on any atom is -0.391 e. The maximum Gasteiger partial charge on any atom is 0.0806 e. The first-order chi connectivity index (χ1) is 7.49. The Labute approximate surface area is 97.5 Å². The summed E-state index contributed by atoms with van der Waals surface area (Å²) in [6, 6.07) is 2.24. The van der Waals surface area contributed by atoms with E-state index in [0.717, 1.165) is 17.8 Å². The highest BCUT2D eigenvalue weighted by molar-refractivity contribution is 5.09. The number of hydrogen-bond donors (Lipinski definition) is 1. The van der Waals surface area contributed by atoms with Gasteiger partial charge in [-0.2, -0.15) is 5.10 Å². The first-order valence-corrected chi connectivity index (χ1v) is 6.20. The lowest BCUT2D eigenvalue weighted by Gasteiger charge is -2.37. The lowest BCUT2D eigenvalue weighted by molar-refractivity contribution is 0.0167. The Bertz CT molecular complexity index is 360. The maximum absolute atomic E-state index is 10.2. The standard InChI is InChI=1S/C13H22N2O/c1-8-5-9(2)13(12(16)6-8)15-11(4)7-10(3)14-15/h7-9,12-13,16H,5-6H2,1-4H3. The second-order valence-corrected chi connectivity index (χ2v) is 5.48. The molecule has 1 aliphatic rings. The van der Waals surface area contributed by atoms with E-state index in [2.05, 4.69) is 31.9 Å². The number of hydrogen-bond acceptors (Lipinski definition) is 2. The van der Waals surface area contributed by atoms with Crippen LogP contribution in [0.1, 0.15) is 44.1 Å². The van der Waals surface area contributed by atoms with Crippen molar-refractivity contribution in [1.82, 2.24) is 9.78 Å². The van der Waals surface area contributed by atoms with Gasteiger partial charge in [0.05, 0.1) is 17.8 Å². The zero-order valence-electron chi connectivity index (χ0n) is 10.6. The van der Waals surface area contributed by atoms with Crippen molar-refractivity contribution in [3.8, 4) is 0 Å². The van der Waals surface area contributed by atoms with Crippen LogP contribution in [0.2, 0.25) is 0 Å². The molecular formula is C13H22N2O. The third-order valence-corrected chi connectivity index (χ3v) is 3.72. The number of nitrogens with zero attached hydrogens (tertiary/aromatic N) is 2. The first kappa shape index (κ1) is 11.6. The van der Waals surface area contributed by atoms with Gasteiger partial charge < -0.3 is 5.11 Å². The summed E-state index contributed by atoms with van der Waals surface area (Å²) in [6.07, 6.45) is 1.82. The summed E-state index contributed by atoms with van der Waals surface area (Å²) >= 11 is 0. The van der Waals surface area contributed by atoms with Gasteiger partial charge >= 0.3 is 0 Å². The molecule has 4 atom stereocenters. The minimum absolute atomic E-state index is 0.157. The highest BCUT2D eigenvalue weighted by atomic mass is 16.3. The highest BCUT2D eigenvalue weighted by Gasteiger charge is 2.35. The Balaban J connectivity index is 2.29. The van der Waals surface area contributed by atoms with Crippen LogP contribution in [0.3, 0.4) is 0 Å². The molecule has 90 valence electrons. The molecular weight excluding hydrogens is 200 g/mol. The van der Waals surface area contributed by atoms with Gasteiger partial charge in [0.2, 0.25) is 0 Å². The topological polar surface area (TPSA) is 38.0 Å². The maximum atomic E-state index is 10.2.